The molecule has 1 aromatic carbocycles. The van der Waals surface area contributed by atoms with Gasteiger partial charge < -0.3 is 14.2 Å². The van der Waals surface area contributed by atoms with E-state index in [0.717, 1.165) is 16.9 Å². The molecule has 0 saturated carbocycles. The quantitative estimate of drug-likeness (QED) is 0.875. The van der Waals surface area contributed by atoms with E-state index in [4.69, 9.17) is 9.47 Å². The van der Waals surface area contributed by atoms with Gasteiger partial charge in [-0.1, -0.05) is 18.2 Å². The number of hydrogen-bond acceptors (Lipinski definition) is 6. The fourth-order valence-corrected chi connectivity index (χ4v) is 2.16. The van der Waals surface area contributed by atoms with E-state index in [1.165, 1.54) is 0 Å². The molecule has 2 rings (SSSR count). The SMILES string of the molecule is CCOC(=O)NC(=O)NC1=NCC(COc2c(C)cccc2C)O1. The number of imide groups is 1. The summed E-state index contributed by atoms with van der Waals surface area (Å²) < 4.78 is 15.9. The largest absolute Gasteiger partial charge is 0.489 e. The third-order valence-corrected chi connectivity index (χ3v) is 3.25. The molecule has 0 aliphatic carbocycles. The van der Waals surface area contributed by atoms with Gasteiger partial charge in [-0.3, -0.25) is 5.32 Å². The van der Waals surface area contributed by atoms with Crippen molar-refractivity contribution in [2.75, 3.05) is 19.8 Å². The van der Waals surface area contributed by atoms with Crippen molar-refractivity contribution in [1.82, 2.24) is 10.6 Å². The first kappa shape index (κ1) is 17.6. The lowest BCUT2D eigenvalue weighted by Gasteiger charge is -2.15. The lowest BCUT2D eigenvalue weighted by atomic mass is 10.1. The molecule has 1 atom stereocenters. The minimum absolute atomic E-state index is 0.0481. The van der Waals surface area contributed by atoms with Gasteiger partial charge in [-0.2, -0.15) is 0 Å². The van der Waals surface area contributed by atoms with Crippen molar-refractivity contribution in [1.29, 1.82) is 0 Å². The van der Waals surface area contributed by atoms with Crippen LogP contribution in [0.5, 0.6) is 5.75 Å². The van der Waals surface area contributed by atoms with E-state index in [1.54, 1.807) is 6.92 Å². The van der Waals surface area contributed by atoms with Crippen LogP contribution in [0, 0.1) is 13.8 Å². The lowest BCUT2D eigenvalue weighted by molar-refractivity contribution is 0.137. The molecule has 1 aromatic rings. The predicted octanol–water partition coefficient (Wildman–Crippen LogP) is 1.89. The van der Waals surface area contributed by atoms with Crippen molar-refractivity contribution < 1.29 is 23.8 Å². The Morgan fingerprint density at radius 3 is 2.71 bits per heavy atom. The number of amidine groups is 1. The van der Waals surface area contributed by atoms with Crippen molar-refractivity contribution in [2.24, 2.45) is 4.99 Å². The Kier molecular flexibility index (Phi) is 6.00. The number of rotatable bonds is 4. The summed E-state index contributed by atoms with van der Waals surface area (Å²) in [5, 5.41) is 4.33. The van der Waals surface area contributed by atoms with E-state index in [9.17, 15) is 9.59 Å². The standard InChI is InChI=1S/C16H21N3O5/c1-4-22-16(21)19-14(20)18-15-17-8-12(24-15)9-23-13-10(2)6-5-7-11(13)3/h5-7,12H,4,8-9H2,1-3H3,(H2,17,18,19,20,21). The fraction of sp³-hybridized carbons (Fsp3) is 0.438. The van der Waals surface area contributed by atoms with Crippen molar-refractivity contribution in [3.05, 3.63) is 29.3 Å². The highest BCUT2D eigenvalue weighted by Gasteiger charge is 2.23. The van der Waals surface area contributed by atoms with E-state index in [0.29, 0.717) is 13.2 Å². The monoisotopic (exact) mass is 335 g/mol. The fourth-order valence-electron chi connectivity index (χ4n) is 2.16. The summed E-state index contributed by atoms with van der Waals surface area (Å²) in [5.41, 5.74) is 2.09. The molecule has 1 unspecified atom stereocenters. The van der Waals surface area contributed by atoms with E-state index in [-0.39, 0.29) is 18.7 Å². The number of benzene rings is 1. The smallest absolute Gasteiger partial charge is 0.415 e. The van der Waals surface area contributed by atoms with Crippen LogP contribution in [0.1, 0.15) is 18.1 Å². The number of nitrogens with one attached hydrogen (secondary N) is 2. The summed E-state index contributed by atoms with van der Waals surface area (Å²) in [6.45, 7) is 6.43. The average molecular weight is 335 g/mol. The molecule has 0 saturated heterocycles. The van der Waals surface area contributed by atoms with Gasteiger partial charge in [0.05, 0.1) is 13.2 Å². The maximum Gasteiger partial charge on any atom is 0.415 e. The number of amides is 3. The molecule has 1 aliphatic rings. The van der Waals surface area contributed by atoms with Crippen LogP contribution in [0.25, 0.3) is 0 Å². The number of para-hydroxylation sites is 1. The number of alkyl carbamates (subject to hydrolysis) is 1. The van der Waals surface area contributed by atoms with Gasteiger partial charge in [0.2, 0.25) is 0 Å². The van der Waals surface area contributed by atoms with Crippen LogP contribution in [0.15, 0.2) is 23.2 Å². The zero-order chi connectivity index (χ0) is 17.5. The number of aryl methyl sites for hydroxylation is 2. The van der Waals surface area contributed by atoms with Crippen molar-refractivity contribution in [3.63, 3.8) is 0 Å². The molecular formula is C16H21N3O5. The van der Waals surface area contributed by atoms with Crippen LogP contribution in [0.3, 0.4) is 0 Å². The Bertz CT molecular complexity index is 624. The summed E-state index contributed by atoms with van der Waals surface area (Å²) in [6.07, 6.45) is -1.13. The van der Waals surface area contributed by atoms with Crippen molar-refractivity contribution >= 4 is 18.1 Å². The first-order chi connectivity index (χ1) is 11.5. The Hall–Kier alpha value is -2.77. The summed E-state index contributed by atoms with van der Waals surface area (Å²) in [4.78, 5) is 26.7. The minimum Gasteiger partial charge on any atom is -0.489 e. The number of ether oxygens (including phenoxy) is 3. The number of aliphatic imine (C=N–C) groups is 1. The van der Waals surface area contributed by atoms with E-state index < -0.39 is 12.1 Å². The molecule has 130 valence electrons. The summed E-state index contributed by atoms with van der Waals surface area (Å²) in [5.74, 6) is 0.822. The van der Waals surface area contributed by atoms with Gasteiger partial charge in [-0.25, -0.2) is 19.9 Å². The second kappa shape index (κ2) is 8.19. The zero-order valence-corrected chi connectivity index (χ0v) is 13.9. The third-order valence-electron chi connectivity index (χ3n) is 3.25. The maximum absolute atomic E-state index is 11.5. The van der Waals surface area contributed by atoms with Gasteiger partial charge in [0, 0.05) is 0 Å². The second-order valence-electron chi connectivity index (χ2n) is 5.22. The first-order valence-corrected chi connectivity index (χ1v) is 7.64. The molecule has 0 spiro atoms. The number of nitrogens with zero attached hydrogens (tertiary/aromatic N) is 1. The van der Waals surface area contributed by atoms with E-state index in [2.05, 4.69) is 15.0 Å². The summed E-state index contributed by atoms with van der Waals surface area (Å²) in [7, 11) is 0. The van der Waals surface area contributed by atoms with Gasteiger partial charge in [-0.15, -0.1) is 0 Å². The molecule has 2 N–H and O–H groups in total. The third kappa shape index (κ3) is 4.87. The number of urea groups is 1. The molecule has 3 amide bonds. The highest BCUT2D eigenvalue weighted by atomic mass is 16.6. The Labute approximate surface area is 140 Å². The van der Waals surface area contributed by atoms with Gasteiger partial charge >= 0.3 is 12.1 Å². The highest BCUT2D eigenvalue weighted by Crippen LogP contribution is 2.22. The molecule has 0 aromatic heterocycles. The number of carbonyl (C=O) groups excluding carboxylic acids is 2. The Morgan fingerprint density at radius 2 is 2.04 bits per heavy atom. The minimum atomic E-state index is -0.830. The van der Waals surface area contributed by atoms with E-state index in [1.807, 2.05) is 37.4 Å². The summed E-state index contributed by atoms with van der Waals surface area (Å²) >= 11 is 0. The molecule has 0 radical (unpaired) electrons. The number of hydrogen-bond donors (Lipinski definition) is 2. The summed E-state index contributed by atoms with van der Waals surface area (Å²) in [6, 6.07) is 5.20. The van der Waals surface area contributed by atoms with Crippen LogP contribution in [0.2, 0.25) is 0 Å². The molecule has 0 fully saturated rings. The molecular weight excluding hydrogens is 314 g/mol. The molecule has 0 bridgehead atoms. The van der Waals surface area contributed by atoms with Gasteiger partial charge in [0.25, 0.3) is 6.02 Å². The predicted molar refractivity (Wildman–Crippen MR) is 87.3 cm³/mol. The molecule has 8 nitrogen and oxygen atoms in total. The zero-order valence-electron chi connectivity index (χ0n) is 13.9. The van der Waals surface area contributed by atoms with Crippen LogP contribution in [-0.4, -0.2) is 44.0 Å². The van der Waals surface area contributed by atoms with Crippen LogP contribution in [-0.2, 0) is 9.47 Å². The molecule has 1 heterocycles. The Balaban J connectivity index is 1.76. The van der Waals surface area contributed by atoms with Gasteiger partial charge in [0.1, 0.15) is 12.4 Å². The molecule has 1 aliphatic heterocycles. The first-order valence-electron chi connectivity index (χ1n) is 7.64. The normalized spacial score (nSPS) is 16.0. The molecule has 8 heteroatoms. The van der Waals surface area contributed by atoms with Gasteiger partial charge in [-0.05, 0) is 31.9 Å². The average Bonchev–Trinajstić information content (AvgIpc) is 2.94. The highest BCUT2D eigenvalue weighted by molar-refractivity contribution is 6.00. The van der Waals surface area contributed by atoms with Crippen LogP contribution < -0.4 is 15.4 Å². The van der Waals surface area contributed by atoms with Crippen molar-refractivity contribution in [3.8, 4) is 5.75 Å². The lowest BCUT2D eigenvalue weighted by Crippen LogP contribution is -2.43. The number of carbonyl (C=O) groups is 2. The van der Waals surface area contributed by atoms with Crippen LogP contribution in [0.4, 0.5) is 9.59 Å². The van der Waals surface area contributed by atoms with Crippen LogP contribution >= 0.6 is 0 Å². The Morgan fingerprint density at radius 1 is 1.33 bits per heavy atom. The van der Waals surface area contributed by atoms with Crippen molar-refractivity contribution in [2.45, 2.75) is 26.9 Å². The maximum atomic E-state index is 11.5. The molecule has 24 heavy (non-hydrogen) atoms. The van der Waals surface area contributed by atoms with Gasteiger partial charge in [0.15, 0.2) is 6.10 Å². The second-order valence-corrected chi connectivity index (χ2v) is 5.22. The topological polar surface area (TPSA) is 98.2 Å². The van der Waals surface area contributed by atoms with E-state index >= 15 is 0 Å².